The maximum Gasteiger partial charge on any atom is 0.337 e. The molecule has 0 aliphatic heterocycles. The van der Waals surface area contributed by atoms with Crippen molar-refractivity contribution in [2.24, 2.45) is 0 Å². The molecular weight excluding hydrogens is 310 g/mol. The summed E-state index contributed by atoms with van der Waals surface area (Å²) < 4.78 is 0. The van der Waals surface area contributed by atoms with Gasteiger partial charge in [0.05, 0.1) is 16.8 Å². The van der Waals surface area contributed by atoms with Crippen molar-refractivity contribution in [3.63, 3.8) is 0 Å². The fourth-order valence-electron chi connectivity index (χ4n) is 2.49. The molecule has 0 unspecified atom stereocenters. The second kappa shape index (κ2) is 10.4. The van der Waals surface area contributed by atoms with E-state index in [0.29, 0.717) is 6.42 Å². The molecule has 0 bridgehead atoms. The van der Waals surface area contributed by atoms with Crippen LogP contribution in [0.3, 0.4) is 0 Å². The summed E-state index contributed by atoms with van der Waals surface area (Å²) in [7, 11) is 0. The van der Waals surface area contributed by atoms with Crippen LogP contribution in [0, 0.1) is 0 Å². The summed E-state index contributed by atoms with van der Waals surface area (Å²) in [6.07, 6.45) is 7.73. The molecule has 0 heterocycles. The third-order valence-electron chi connectivity index (χ3n) is 3.80. The van der Waals surface area contributed by atoms with Crippen molar-refractivity contribution < 1.29 is 24.6 Å². The average molecular weight is 335 g/mol. The minimum absolute atomic E-state index is 0.148. The van der Waals surface area contributed by atoms with Gasteiger partial charge in [0.1, 0.15) is 0 Å². The van der Waals surface area contributed by atoms with Crippen LogP contribution in [0.5, 0.6) is 0 Å². The number of unbranched alkanes of at least 4 members (excludes halogenated alkanes) is 6. The molecule has 24 heavy (non-hydrogen) atoms. The molecule has 0 fully saturated rings. The summed E-state index contributed by atoms with van der Waals surface area (Å²) in [5.74, 6) is -2.91. The lowest BCUT2D eigenvalue weighted by atomic mass is 10.1. The van der Waals surface area contributed by atoms with Crippen molar-refractivity contribution in [2.75, 3.05) is 5.32 Å². The first kappa shape index (κ1) is 19.7. The minimum Gasteiger partial charge on any atom is -0.478 e. The van der Waals surface area contributed by atoms with Crippen LogP contribution in [0.15, 0.2) is 18.2 Å². The fraction of sp³-hybridized carbons (Fsp3) is 0.500. The number of hydrogen-bond acceptors (Lipinski definition) is 3. The monoisotopic (exact) mass is 335 g/mol. The van der Waals surface area contributed by atoms with Crippen LogP contribution in [0.25, 0.3) is 0 Å². The molecule has 0 aliphatic rings. The molecule has 0 radical (unpaired) electrons. The lowest BCUT2D eigenvalue weighted by Gasteiger charge is -2.11. The molecule has 0 saturated heterocycles. The number of carbonyl (C=O) groups excluding carboxylic acids is 1. The van der Waals surface area contributed by atoms with E-state index in [9.17, 15) is 14.4 Å². The second-order valence-corrected chi connectivity index (χ2v) is 5.76. The summed E-state index contributed by atoms with van der Waals surface area (Å²) in [5.41, 5.74) is -0.587. The first-order valence-corrected chi connectivity index (χ1v) is 8.36. The SMILES string of the molecule is CCCCCCCCCC(=O)Nc1c(C(=O)O)cccc1C(=O)O. The van der Waals surface area contributed by atoms with E-state index in [2.05, 4.69) is 12.2 Å². The lowest BCUT2D eigenvalue weighted by molar-refractivity contribution is -0.116. The van der Waals surface area contributed by atoms with E-state index in [1.54, 1.807) is 0 Å². The molecule has 0 aromatic heterocycles. The topological polar surface area (TPSA) is 104 Å². The van der Waals surface area contributed by atoms with E-state index in [1.165, 1.54) is 37.5 Å². The Kier molecular flexibility index (Phi) is 8.54. The van der Waals surface area contributed by atoms with Crippen molar-refractivity contribution in [3.8, 4) is 0 Å². The van der Waals surface area contributed by atoms with Crippen LogP contribution in [0.4, 0.5) is 5.69 Å². The van der Waals surface area contributed by atoms with E-state index in [4.69, 9.17) is 10.2 Å². The number of hydrogen-bond donors (Lipinski definition) is 3. The molecule has 1 amide bonds. The second-order valence-electron chi connectivity index (χ2n) is 5.76. The Morgan fingerprint density at radius 1 is 0.875 bits per heavy atom. The molecule has 0 spiro atoms. The molecular formula is C18H25NO5. The maximum absolute atomic E-state index is 12.0. The first-order valence-electron chi connectivity index (χ1n) is 8.36. The molecule has 132 valence electrons. The molecule has 3 N–H and O–H groups in total. The number of carboxylic acid groups (broad SMARTS) is 2. The van der Waals surface area contributed by atoms with Gasteiger partial charge in [-0.25, -0.2) is 9.59 Å². The largest absolute Gasteiger partial charge is 0.478 e. The van der Waals surface area contributed by atoms with Gasteiger partial charge in [0.2, 0.25) is 5.91 Å². The molecule has 1 rings (SSSR count). The van der Waals surface area contributed by atoms with Gasteiger partial charge in [0, 0.05) is 6.42 Å². The van der Waals surface area contributed by atoms with Crippen LogP contribution >= 0.6 is 0 Å². The highest BCUT2D eigenvalue weighted by Crippen LogP contribution is 2.22. The Bertz CT molecular complexity index is 551. The van der Waals surface area contributed by atoms with Gasteiger partial charge in [-0.15, -0.1) is 0 Å². The quantitative estimate of drug-likeness (QED) is 0.527. The van der Waals surface area contributed by atoms with E-state index in [-0.39, 0.29) is 29.1 Å². The Morgan fingerprint density at radius 3 is 1.88 bits per heavy atom. The molecule has 0 atom stereocenters. The number of benzene rings is 1. The van der Waals surface area contributed by atoms with Crippen LogP contribution < -0.4 is 5.32 Å². The highest BCUT2D eigenvalue weighted by Gasteiger charge is 2.19. The number of amides is 1. The minimum atomic E-state index is -1.27. The van der Waals surface area contributed by atoms with Gasteiger partial charge in [-0.05, 0) is 18.6 Å². The zero-order valence-electron chi connectivity index (χ0n) is 14.0. The first-order chi connectivity index (χ1) is 11.5. The maximum atomic E-state index is 12.0. The summed E-state index contributed by atoms with van der Waals surface area (Å²) in [4.78, 5) is 34.4. The van der Waals surface area contributed by atoms with Crippen LogP contribution in [-0.2, 0) is 4.79 Å². The van der Waals surface area contributed by atoms with Crippen molar-refractivity contribution in [3.05, 3.63) is 29.3 Å². The Morgan fingerprint density at radius 2 is 1.38 bits per heavy atom. The van der Waals surface area contributed by atoms with Gasteiger partial charge in [-0.2, -0.15) is 0 Å². The Balaban J connectivity index is 2.57. The fourth-order valence-corrected chi connectivity index (χ4v) is 2.49. The molecule has 6 heteroatoms. The number of carboxylic acids is 2. The van der Waals surface area contributed by atoms with Crippen molar-refractivity contribution >= 4 is 23.5 Å². The number of anilines is 1. The van der Waals surface area contributed by atoms with Crippen molar-refractivity contribution in [1.29, 1.82) is 0 Å². The standard InChI is InChI=1S/C18H25NO5/c1-2-3-4-5-6-7-8-12-15(20)19-16-13(17(21)22)10-9-11-14(16)18(23)24/h9-11H,2-8,12H2,1H3,(H,19,20)(H,21,22)(H,23,24). The summed E-state index contributed by atoms with van der Waals surface area (Å²) in [5, 5.41) is 20.8. The van der Waals surface area contributed by atoms with Crippen molar-refractivity contribution in [1.82, 2.24) is 0 Å². The highest BCUT2D eigenvalue weighted by molar-refractivity contribution is 6.07. The number of para-hydroxylation sites is 1. The van der Waals surface area contributed by atoms with E-state index < -0.39 is 11.9 Å². The summed E-state index contributed by atoms with van der Waals surface area (Å²) in [6, 6.07) is 3.90. The van der Waals surface area contributed by atoms with Gasteiger partial charge >= 0.3 is 11.9 Å². The van der Waals surface area contributed by atoms with Crippen LogP contribution in [-0.4, -0.2) is 28.1 Å². The molecule has 0 saturated carbocycles. The normalized spacial score (nSPS) is 10.4. The lowest BCUT2D eigenvalue weighted by Crippen LogP contribution is -2.17. The van der Waals surface area contributed by atoms with Crippen LogP contribution in [0.1, 0.15) is 79.0 Å². The van der Waals surface area contributed by atoms with E-state index in [1.807, 2.05) is 0 Å². The zero-order chi connectivity index (χ0) is 17.9. The summed E-state index contributed by atoms with van der Waals surface area (Å²) >= 11 is 0. The van der Waals surface area contributed by atoms with Gasteiger partial charge < -0.3 is 15.5 Å². The smallest absolute Gasteiger partial charge is 0.337 e. The molecule has 0 aliphatic carbocycles. The predicted molar refractivity (Wildman–Crippen MR) is 91.6 cm³/mol. The Hall–Kier alpha value is -2.37. The van der Waals surface area contributed by atoms with Gasteiger partial charge in [-0.1, -0.05) is 51.5 Å². The number of carbonyl (C=O) groups is 3. The predicted octanol–water partition coefficient (Wildman–Crippen LogP) is 4.16. The Labute approximate surface area is 141 Å². The highest BCUT2D eigenvalue weighted by atomic mass is 16.4. The zero-order valence-corrected chi connectivity index (χ0v) is 14.0. The van der Waals surface area contributed by atoms with Gasteiger partial charge in [-0.3, -0.25) is 4.79 Å². The average Bonchev–Trinajstić information content (AvgIpc) is 2.53. The molecule has 1 aromatic carbocycles. The number of nitrogens with one attached hydrogen (secondary N) is 1. The van der Waals surface area contributed by atoms with Crippen molar-refractivity contribution in [2.45, 2.75) is 58.3 Å². The van der Waals surface area contributed by atoms with E-state index in [0.717, 1.165) is 19.3 Å². The van der Waals surface area contributed by atoms with E-state index >= 15 is 0 Å². The van der Waals surface area contributed by atoms with Gasteiger partial charge in [0.25, 0.3) is 0 Å². The third-order valence-corrected chi connectivity index (χ3v) is 3.80. The third kappa shape index (κ3) is 6.40. The number of aromatic carboxylic acids is 2. The van der Waals surface area contributed by atoms with Gasteiger partial charge in [0.15, 0.2) is 0 Å². The molecule has 6 nitrogen and oxygen atoms in total. The van der Waals surface area contributed by atoms with Crippen LogP contribution in [0.2, 0.25) is 0 Å². The number of rotatable bonds is 11. The molecule has 1 aromatic rings. The summed E-state index contributed by atoms with van der Waals surface area (Å²) in [6.45, 7) is 2.16.